The normalized spacial score (nSPS) is 32.8. The van der Waals surface area contributed by atoms with E-state index in [0.29, 0.717) is 23.3 Å². The molecule has 1 N–H and O–H groups in total. The molecule has 4 rings (SSSR count). The summed E-state index contributed by atoms with van der Waals surface area (Å²) >= 11 is 0. The van der Waals surface area contributed by atoms with Crippen molar-refractivity contribution in [3.8, 4) is 11.5 Å². The minimum Gasteiger partial charge on any atom is -0.490 e. The van der Waals surface area contributed by atoms with Gasteiger partial charge in [-0.25, -0.2) is 0 Å². The predicted octanol–water partition coefficient (Wildman–Crippen LogP) is 0.298. The van der Waals surface area contributed by atoms with Crippen LogP contribution in [0.2, 0.25) is 0 Å². The van der Waals surface area contributed by atoms with E-state index in [-0.39, 0.29) is 17.9 Å². The zero-order valence-corrected chi connectivity index (χ0v) is 10.0. The number of amides is 1. The molecule has 1 aromatic rings. The van der Waals surface area contributed by atoms with E-state index < -0.39 is 0 Å². The van der Waals surface area contributed by atoms with Crippen molar-refractivity contribution in [2.75, 3.05) is 26.7 Å². The van der Waals surface area contributed by atoms with E-state index in [9.17, 15) is 4.79 Å². The molecule has 1 aromatic heterocycles. The number of fused-ring (bicyclic) bond motifs is 4. The summed E-state index contributed by atoms with van der Waals surface area (Å²) in [7, 11) is 1.54. The summed E-state index contributed by atoms with van der Waals surface area (Å²) in [5.41, 5.74) is 0. The van der Waals surface area contributed by atoms with E-state index in [1.54, 1.807) is 12.0 Å². The molecule has 2 saturated heterocycles. The van der Waals surface area contributed by atoms with Gasteiger partial charge in [0.15, 0.2) is 6.23 Å². The Kier molecular flexibility index (Phi) is 1.94. The van der Waals surface area contributed by atoms with Crippen molar-refractivity contribution in [1.29, 1.82) is 0 Å². The molecule has 0 bridgehead atoms. The van der Waals surface area contributed by atoms with Crippen LogP contribution in [0.1, 0.15) is 10.6 Å². The standard InChI is InChI=1S/C12H14N2O4/c1-16-8-5-17-10-9(8)18-12-7-3-13-2-6(7)4-14(12)11(10)15/h5-7,12-13H,2-4H2,1H3. The largest absolute Gasteiger partial charge is 0.490 e. The average Bonchev–Trinajstić information content (AvgIpc) is 3.03. The van der Waals surface area contributed by atoms with E-state index in [1.807, 2.05) is 0 Å². The molecule has 3 atom stereocenters. The highest BCUT2D eigenvalue weighted by Crippen LogP contribution is 2.44. The molecule has 0 saturated carbocycles. The summed E-state index contributed by atoms with van der Waals surface area (Å²) in [5, 5.41) is 3.35. The molecule has 1 amide bonds. The highest BCUT2D eigenvalue weighted by atomic mass is 16.6. The third-order valence-electron chi connectivity index (χ3n) is 4.12. The number of hydrogen-bond acceptors (Lipinski definition) is 5. The Morgan fingerprint density at radius 1 is 1.50 bits per heavy atom. The Morgan fingerprint density at radius 2 is 2.39 bits per heavy atom. The van der Waals surface area contributed by atoms with Gasteiger partial charge in [-0.1, -0.05) is 0 Å². The molecule has 0 spiro atoms. The van der Waals surface area contributed by atoms with Crippen LogP contribution in [-0.2, 0) is 0 Å². The number of nitrogens with one attached hydrogen (secondary N) is 1. The maximum atomic E-state index is 12.3. The van der Waals surface area contributed by atoms with Gasteiger partial charge in [0.05, 0.1) is 7.11 Å². The zero-order chi connectivity index (χ0) is 12.3. The summed E-state index contributed by atoms with van der Waals surface area (Å²) < 4.78 is 16.4. The second-order valence-corrected chi connectivity index (χ2v) is 5.01. The molecule has 2 fully saturated rings. The van der Waals surface area contributed by atoms with Crippen LogP contribution < -0.4 is 14.8 Å². The summed E-state index contributed by atoms with van der Waals surface area (Å²) in [4.78, 5) is 14.1. The van der Waals surface area contributed by atoms with Crippen molar-refractivity contribution in [3.63, 3.8) is 0 Å². The molecule has 4 heterocycles. The second-order valence-electron chi connectivity index (χ2n) is 5.01. The van der Waals surface area contributed by atoms with Gasteiger partial charge in [-0.05, 0) is 5.92 Å². The highest BCUT2D eigenvalue weighted by Gasteiger charge is 2.52. The third kappa shape index (κ3) is 1.13. The molecule has 96 valence electrons. The topological polar surface area (TPSA) is 63.9 Å². The number of carbonyl (C=O) groups excluding carboxylic acids is 1. The molecule has 3 aliphatic heterocycles. The lowest BCUT2D eigenvalue weighted by Gasteiger charge is -2.31. The Balaban J connectivity index is 1.75. The lowest BCUT2D eigenvalue weighted by molar-refractivity contribution is 0.00942. The maximum absolute atomic E-state index is 12.3. The lowest BCUT2D eigenvalue weighted by atomic mass is 9.99. The first-order valence-electron chi connectivity index (χ1n) is 6.13. The van der Waals surface area contributed by atoms with Gasteiger partial charge >= 0.3 is 0 Å². The SMILES string of the molecule is COc1coc2c1OC1C3CNCC3CN1C2=O. The fraction of sp³-hybridized carbons (Fsp3) is 0.583. The molecule has 3 unspecified atom stereocenters. The number of rotatable bonds is 1. The van der Waals surface area contributed by atoms with Gasteiger partial charge < -0.3 is 19.2 Å². The van der Waals surface area contributed by atoms with Crippen molar-refractivity contribution in [1.82, 2.24) is 10.2 Å². The quantitative estimate of drug-likeness (QED) is 0.776. The molecule has 0 aliphatic carbocycles. The first kappa shape index (κ1) is 10.3. The van der Waals surface area contributed by atoms with Crippen LogP contribution in [0.5, 0.6) is 11.5 Å². The van der Waals surface area contributed by atoms with Crippen molar-refractivity contribution < 1.29 is 18.7 Å². The highest BCUT2D eigenvalue weighted by molar-refractivity contribution is 5.96. The number of furan rings is 1. The smallest absolute Gasteiger partial charge is 0.296 e. The first-order valence-corrected chi connectivity index (χ1v) is 6.13. The van der Waals surface area contributed by atoms with E-state index in [2.05, 4.69) is 5.32 Å². The fourth-order valence-electron chi connectivity index (χ4n) is 3.21. The Morgan fingerprint density at radius 3 is 3.22 bits per heavy atom. The van der Waals surface area contributed by atoms with Gasteiger partial charge in [-0.3, -0.25) is 9.69 Å². The monoisotopic (exact) mass is 250 g/mol. The van der Waals surface area contributed by atoms with Crippen LogP contribution in [0.3, 0.4) is 0 Å². The number of carbonyl (C=O) groups is 1. The molecular formula is C12H14N2O4. The number of hydrogen-bond donors (Lipinski definition) is 1. The van der Waals surface area contributed by atoms with Crippen LogP contribution in [0.4, 0.5) is 0 Å². The summed E-state index contributed by atoms with van der Waals surface area (Å²) in [6.07, 6.45) is 1.24. The van der Waals surface area contributed by atoms with Gasteiger partial charge in [-0.2, -0.15) is 0 Å². The fourth-order valence-corrected chi connectivity index (χ4v) is 3.21. The zero-order valence-electron chi connectivity index (χ0n) is 10.0. The van der Waals surface area contributed by atoms with Crippen molar-refractivity contribution in [2.45, 2.75) is 6.23 Å². The van der Waals surface area contributed by atoms with Gasteiger partial charge in [0.2, 0.25) is 17.3 Å². The van der Waals surface area contributed by atoms with Gasteiger partial charge in [0.25, 0.3) is 5.91 Å². The first-order chi connectivity index (χ1) is 8.79. The summed E-state index contributed by atoms with van der Waals surface area (Å²) in [6.45, 7) is 2.59. The Labute approximate surface area is 104 Å². The van der Waals surface area contributed by atoms with Crippen LogP contribution in [-0.4, -0.2) is 43.8 Å². The van der Waals surface area contributed by atoms with E-state index in [4.69, 9.17) is 13.9 Å². The van der Waals surface area contributed by atoms with Crippen molar-refractivity contribution >= 4 is 5.91 Å². The van der Waals surface area contributed by atoms with Crippen LogP contribution in [0.25, 0.3) is 0 Å². The van der Waals surface area contributed by atoms with Crippen LogP contribution in [0, 0.1) is 11.8 Å². The molecule has 3 aliphatic rings. The van der Waals surface area contributed by atoms with Gasteiger partial charge in [0, 0.05) is 25.6 Å². The Hall–Kier alpha value is -1.69. The number of ether oxygens (including phenoxy) is 2. The Bertz CT molecular complexity index is 512. The lowest BCUT2D eigenvalue weighted by Crippen LogP contribution is -2.46. The molecule has 18 heavy (non-hydrogen) atoms. The predicted molar refractivity (Wildman–Crippen MR) is 60.6 cm³/mol. The van der Waals surface area contributed by atoms with Gasteiger partial charge in [0.1, 0.15) is 6.26 Å². The molecule has 6 heteroatoms. The van der Waals surface area contributed by atoms with Crippen molar-refractivity contribution in [2.24, 2.45) is 11.8 Å². The van der Waals surface area contributed by atoms with Crippen molar-refractivity contribution in [3.05, 3.63) is 12.0 Å². The molecular weight excluding hydrogens is 236 g/mol. The number of methoxy groups -OCH3 is 1. The molecule has 0 aromatic carbocycles. The minimum absolute atomic E-state index is 0.0843. The molecule has 6 nitrogen and oxygen atoms in total. The van der Waals surface area contributed by atoms with Gasteiger partial charge in [-0.15, -0.1) is 0 Å². The average molecular weight is 250 g/mol. The van der Waals surface area contributed by atoms with Crippen LogP contribution in [0.15, 0.2) is 10.7 Å². The number of nitrogens with zero attached hydrogens (tertiary/aromatic N) is 1. The third-order valence-corrected chi connectivity index (χ3v) is 4.12. The maximum Gasteiger partial charge on any atom is 0.296 e. The van der Waals surface area contributed by atoms with E-state index in [1.165, 1.54) is 6.26 Å². The second kappa shape index (κ2) is 3.41. The summed E-state index contributed by atoms with van der Waals surface area (Å²) in [5.74, 6) is 1.97. The van der Waals surface area contributed by atoms with Crippen LogP contribution >= 0.6 is 0 Å². The summed E-state index contributed by atoms with van der Waals surface area (Å²) in [6, 6.07) is 0. The molecule has 0 radical (unpaired) electrons. The van der Waals surface area contributed by atoms with E-state index in [0.717, 1.165) is 19.6 Å². The van der Waals surface area contributed by atoms with E-state index >= 15 is 0 Å². The minimum atomic E-state index is -0.184.